The van der Waals surface area contributed by atoms with Gasteiger partial charge in [-0.3, -0.25) is 4.68 Å². The van der Waals surface area contributed by atoms with E-state index in [-0.39, 0.29) is 0 Å². The summed E-state index contributed by atoms with van der Waals surface area (Å²) in [5, 5.41) is 7.95. The molecule has 0 saturated heterocycles. The zero-order chi connectivity index (χ0) is 11.7. The van der Waals surface area contributed by atoms with Crippen LogP contribution in [-0.4, -0.2) is 22.9 Å². The minimum atomic E-state index is 0.509. The first kappa shape index (κ1) is 11.6. The summed E-state index contributed by atoms with van der Waals surface area (Å²) in [7, 11) is 2.07. The minimum Gasteiger partial charge on any atom is -0.315 e. The Morgan fingerprint density at radius 3 is 2.69 bits per heavy atom. The average Bonchev–Trinajstić information content (AvgIpc) is 2.63. The molecule has 4 unspecified atom stereocenters. The van der Waals surface area contributed by atoms with E-state index in [1.807, 2.05) is 6.20 Å². The predicted molar refractivity (Wildman–Crippen MR) is 66.4 cm³/mol. The summed E-state index contributed by atoms with van der Waals surface area (Å²) in [6.07, 6.45) is 6.69. The van der Waals surface area contributed by atoms with Crippen LogP contribution in [0.5, 0.6) is 0 Å². The second-order valence-corrected chi connectivity index (χ2v) is 5.44. The molecule has 2 rings (SSSR count). The maximum atomic E-state index is 4.49. The molecule has 90 valence electrons. The van der Waals surface area contributed by atoms with E-state index >= 15 is 0 Å². The maximum absolute atomic E-state index is 4.49. The van der Waals surface area contributed by atoms with Crippen molar-refractivity contribution in [2.45, 2.75) is 45.7 Å². The molecule has 0 radical (unpaired) electrons. The summed E-state index contributed by atoms with van der Waals surface area (Å²) in [5.74, 6) is 1.51. The molecule has 1 fully saturated rings. The first-order chi connectivity index (χ1) is 7.61. The van der Waals surface area contributed by atoms with Gasteiger partial charge in [0.05, 0.1) is 12.2 Å². The fourth-order valence-corrected chi connectivity index (χ4v) is 3.17. The highest BCUT2D eigenvalue weighted by atomic mass is 15.3. The molecule has 1 aromatic rings. The minimum absolute atomic E-state index is 0.509. The smallest absolute Gasteiger partial charge is 0.0697 e. The quantitative estimate of drug-likeness (QED) is 0.831. The third kappa shape index (κ3) is 2.14. The number of hydrogen-bond donors (Lipinski definition) is 1. The Bertz CT molecular complexity index is 345. The van der Waals surface area contributed by atoms with Crippen molar-refractivity contribution in [2.24, 2.45) is 11.8 Å². The zero-order valence-electron chi connectivity index (χ0n) is 10.8. The molecule has 3 heteroatoms. The second kappa shape index (κ2) is 4.58. The van der Waals surface area contributed by atoms with E-state index in [2.05, 4.69) is 49.1 Å². The van der Waals surface area contributed by atoms with Crippen molar-refractivity contribution >= 4 is 0 Å². The molecule has 1 N–H and O–H groups in total. The Hall–Kier alpha value is -0.830. The fourth-order valence-electron chi connectivity index (χ4n) is 3.17. The van der Waals surface area contributed by atoms with Crippen LogP contribution >= 0.6 is 0 Å². The SMILES string of the molecule is CNC1CC(C)CC(C)C1n1cc(C)cn1. The van der Waals surface area contributed by atoms with Crippen molar-refractivity contribution in [1.29, 1.82) is 0 Å². The van der Waals surface area contributed by atoms with Gasteiger partial charge in [-0.15, -0.1) is 0 Å². The van der Waals surface area contributed by atoms with Crippen LogP contribution in [0.25, 0.3) is 0 Å². The van der Waals surface area contributed by atoms with Crippen molar-refractivity contribution in [3.05, 3.63) is 18.0 Å². The Labute approximate surface area is 98.2 Å². The van der Waals surface area contributed by atoms with Gasteiger partial charge in [0, 0.05) is 12.2 Å². The number of likely N-dealkylation sites (N-methyl/N-ethyl adjacent to an activating group) is 1. The Morgan fingerprint density at radius 1 is 1.38 bits per heavy atom. The van der Waals surface area contributed by atoms with E-state index in [0.29, 0.717) is 18.0 Å². The highest BCUT2D eigenvalue weighted by Crippen LogP contribution is 2.36. The van der Waals surface area contributed by atoms with Crippen LogP contribution in [0.15, 0.2) is 12.4 Å². The van der Waals surface area contributed by atoms with Crippen LogP contribution in [-0.2, 0) is 0 Å². The number of nitrogens with one attached hydrogen (secondary N) is 1. The van der Waals surface area contributed by atoms with Crippen molar-refractivity contribution in [2.75, 3.05) is 7.05 Å². The summed E-state index contributed by atoms with van der Waals surface area (Å²) >= 11 is 0. The molecule has 16 heavy (non-hydrogen) atoms. The third-order valence-electron chi connectivity index (χ3n) is 3.83. The van der Waals surface area contributed by atoms with Crippen LogP contribution in [0.3, 0.4) is 0 Å². The monoisotopic (exact) mass is 221 g/mol. The van der Waals surface area contributed by atoms with E-state index in [4.69, 9.17) is 0 Å². The molecule has 1 aromatic heterocycles. The first-order valence-corrected chi connectivity index (χ1v) is 6.29. The van der Waals surface area contributed by atoms with Gasteiger partial charge in [-0.1, -0.05) is 13.8 Å². The van der Waals surface area contributed by atoms with Gasteiger partial charge in [-0.2, -0.15) is 5.10 Å². The molecule has 0 spiro atoms. The number of nitrogens with zero attached hydrogens (tertiary/aromatic N) is 2. The molecule has 1 heterocycles. The fraction of sp³-hybridized carbons (Fsp3) is 0.769. The summed E-state index contributed by atoms with van der Waals surface area (Å²) in [5.41, 5.74) is 1.25. The predicted octanol–water partition coefficient (Wildman–Crippen LogP) is 2.39. The van der Waals surface area contributed by atoms with E-state index < -0.39 is 0 Å². The van der Waals surface area contributed by atoms with Gasteiger partial charge >= 0.3 is 0 Å². The van der Waals surface area contributed by atoms with Crippen LogP contribution < -0.4 is 5.32 Å². The third-order valence-corrected chi connectivity index (χ3v) is 3.83. The largest absolute Gasteiger partial charge is 0.315 e. The van der Waals surface area contributed by atoms with Gasteiger partial charge in [0.25, 0.3) is 0 Å². The second-order valence-electron chi connectivity index (χ2n) is 5.44. The van der Waals surface area contributed by atoms with Crippen molar-refractivity contribution < 1.29 is 0 Å². The lowest BCUT2D eigenvalue weighted by Crippen LogP contribution is -2.44. The van der Waals surface area contributed by atoms with Crippen molar-refractivity contribution in [1.82, 2.24) is 15.1 Å². The van der Waals surface area contributed by atoms with Crippen LogP contribution in [0.1, 0.15) is 38.3 Å². The first-order valence-electron chi connectivity index (χ1n) is 6.29. The Balaban J connectivity index is 2.23. The van der Waals surface area contributed by atoms with Gasteiger partial charge in [0.1, 0.15) is 0 Å². The molecular formula is C13H23N3. The number of rotatable bonds is 2. The number of aryl methyl sites for hydroxylation is 1. The van der Waals surface area contributed by atoms with Crippen LogP contribution in [0.4, 0.5) is 0 Å². The van der Waals surface area contributed by atoms with E-state index in [0.717, 1.165) is 5.92 Å². The standard InChI is InChI=1S/C13H23N3/c1-9-5-11(3)13(12(6-9)14-4)16-8-10(2)7-15-16/h7-9,11-14H,5-6H2,1-4H3. The molecule has 0 aliphatic heterocycles. The summed E-state index contributed by atoms with van der Waals surface area (Å²) in [6, 6.07) is 1.06. The van der Waals surface area contributed by atoms with E-state index in [9.17, 15) is 0 Å². The number of aromatic nitrogens is 2. The normalized spacial score (nSPS) is 35.2. The highest BCUT2D eigenvalue weighted by Gasteiger charge is 2.34. The molecule has 0 amide bonds. The summed E-state index contributed by atoms with van der Waals surface area (Å²) in [4.78, 5) is 0. The lowest BCUT2D eigenvalue weighted by atomic mass is 9.76. The van der Waals surface area contributed by atoms with Gasteiger partial charge in [-0.25, -0.2) is 0 Å². The van der Waals surface area contributed by atoms with Crippen LogP contribution in [0.2, 0.25) is 0 Å². The summed E-state index contributed by atoms with van der Waals surface area (Å²) in [6.45, 7) is 6.81. The molecule has 4 atom stereocenters. The van der Waals surface area contributed by atoms with Gasteiger partial charge in [0.15, 0.2) is 0 Å². The average molecular weight is 221 g/mol. The lowest BCUT2D eigenvalue weighted by Gasteiger charge is -2.39. The van der Waals surface area contributed by atoms with Crippen LogP contribution in [0, 0.1) is 18.8 Å². The van der Waals surface area contributed by atoms with Gasteiger partial charge in [0.2, 0.25) is 0 Å². The lowest BCUT2D eigenvalue weighted by molar-refractivity contribution is 0.148. The maximum Gasteiger partial charge on any atom is 0.0697 e. The molecule has 1 aliphatic carbocycles. The van der Waals surface area contributed by atoms with Gasteiger partial charge in [-0.05, 0) is 44.2 Å². The molecule has 0 bridgehead atoms. The molecule has 0 aromatic carbocycles. The topological polar surface area (TPSA) is 29.9 Å². The summed E-state index contributed by atoms with van der Waals surface area (Å²) < 4.78 is 2.16. The Kier molecular flexibility index (Phi) is 3.33. The zero-order valence-corrected chi connectivity index (χ0v) is 10.8. The Morgan fingerprint density at radius 2 is 2.12 bits per heavy atom. The highest BCUT2D eigenvalue weighted by molar-refractivity contribution is 5.03. The van der Waals surface area contributed by atoms with E-state index in [1.54, 1.807) is 0 Å². The molecule has 1 aliphatic rings. The van der Waals surface area contributed by atoms with Gasteiger partial charge < -0.3 is 5.32 Å². The van der Waals surface area contributed by atoms with E-state index in [1.165, 1.54) is 18.4 Å². The van der Waals surface area contributed by atoms with Crippen molar-refractivity contribution in [3.8, 4) is 0 Å². The van der Waals surface area contributed by atoms with Crippen molar-refractivity contribution in [3.63, 3.8) is 0 Å². The molecular weight excluding hydrogens is 198 g/mol. The molecule has 1 saturated carbocycles. The number of hydrogen-bond acceptors (Lipinski definition) is 2. The molecule has 3 nitrogen and oxygen atoms in total.